The molecule has 3 aromatic rings. The number of halogens is 1. The van der Waals surface area contributed by atoms with Crippen molar-refractivity contribution in [2.45, 2.75) is 39.0 Å². The van der Waals surface area contributed by atoms with Gasteiger partial charge in [-0.3, -0.25) is 4.79 Å². The Hall–Kier alpha value is -3.28. The molecule has 0 bridgehead atoms. The summed E-state index contributed by atoms with van der Waals surface area (Å²) in [7, 11) is 1.67. The van der Waals surface area contributed by atoms with Gasteiger partial charge in [-0.1, -0.05) is 25.5 Å². The summed E-state index contributed by atoms with van der Waals surface area (Å²) >= 11 is 0. The van der Waals surface area contributed by atoms with Gasteiger partial charge in [-0.25, -0.2) is 14.4 Å². The van der Waals surface area contributed by atoms with Crippen molar-refractivity contribution in [3.05, 3.63) is 70.8 Å². The predicted octanol–water partition coefficient (Wildman–Crippen LogP) is 4.52. The molecule has 0 aliphatic heterocycles. The number of hydrogen-bond donors (Lipinski definition) is 1. The van der Waals surface area contributed by atoms with Gasteiger partial charge in [0.1, 0.15) is 11.6 Å². The Morgan fingerprint density at radius 3 is 2.67 bits per heavy atom. The van der Waals surface area contributed by atoms with Crippen LogP contribution in [-0.4, -0.2) is 23.0 Å². The number of rotatable bonds is 6. The molecule has 6 heteroatoms. The first-order chi connectivity index (χ1) is 14.6. The minimum Gasteiger partial charge on any atom is -0.497 e. The van der Waals surface area contributed by atoms with Crippen LogP contribution in [0.2, 0.25) is 0 Å². The number of nitrogens with zero attached hydrogens (tertiary/aromatic N) is 2. The second-order valence-corrected chi connectivity index (χ2v) is 7.44. The van der Waals surface area contributed by atoms with E-state index in [2.05, 4.69) is 18.3 Å². The Morgan fingerprint density at radius 1 is 1.13 bits per heavy atom. The van der Waals surface area contributed by atoms with Gasteiger partial charge in [-0.15, -0.1) is 0 Å². The number of hydrogen-bond acceptors (Lipinski definition) is 4. The molecule has 0 saturated heterocycles. The highest BCUT2D eigenvalue weighted by atomic mass is 19.1. The normalized spacial score (nSPS) is 12.1. The summed E-state index contributed by atoms with van der Waals surface area (Å²) in [6.45, 7) is 2.07. The van der Waals surface area contributed by atoms with Crippen molar-refractivity contribution in [1.29, 1.82) is 0 Å². The summed E-state index contributed by atoms with van der Waals surface area (Å²) in [6.07, 6.45) is 3.38. The first-order valence-corrected chi connectivity index (χ1v) is 10.2. The number of ether oxygens (including phenoxy) is 1. The summed E-state index contributed by atoms with van der Waals surface area (Å²) in [5.41, 5.74) is 5.59. The Balaban J connectivity index is 1.62. The molecule has 0 atom stereocenters. The second kappa shape index (κ2) is 8.61. The molecular formula is C24H24FN3O2. The summed E-state index contributed by atoms with van der Waals surface area (Å²) < 4.78 is 18.4. The molecule has 0 unspecified atom stereocenters. The monoisotopic (exact) mass is 405 g/mol. The number of amides is 1. The summed E-state index contributed by atoms with van der Waals surface area (Å²) in [5, 5.41) is 2.92. The zero-order valence-electron chi connectivity index (χ0n) is 17.2. The van der Waals surface area contributed by atoms with Gasteiger partial charge >= 0.3 is 0 Å². The van der Waals surface area contributed by atoms with E-state index in [0.29, 0.717) is 5.82 Å². The van der Waals surface area contributed by atoms with E-state index in [4.69, 9.17) is 14.7 Å². The minimum absolute atomic E-state index is 0.160. The van der Waals surface area contributed by atoms with Crippen LogP contribution in [0.5, 0.6) is 5.75 Å². The quantitative estimate of drug-likeness (QED) is 0.655. The molecule has 1 aromatic heterocycles. The number of nitrogens with one attached hydrogen (secondary N) is 1. The highest BCUT2D eigenvalue weighted by Crippen LogP contribution is 2.35. The maximum Gasteiger partial charge on any atom is 0.229 e. The van der Waals surface area contributed by atoms with Gasteiger partial charge in [0.25, 0.3) is 0 Å². The predicted molar refractivity (Wildman–Crippen MR) is 114 cm³/mol. The molecule has 1 aliphatic rings. The molecule has 4 rings (SSSR count). The van der Waals surface area contributed by atoms with E-state index in [1.165, 1.54) is 17.7 Å². The van der Waals surface area contributed by atoms with Crippen LogP contribution in [0.15, 0.2) is 42.5 Å². The average Bonchev–Trinajstić information content (AvgIpc) is 2.75. The van der Waals surface area contributed by atoms with Gasteiger partial charge in [0.05, 0.1) is 30.6 Å². The summed E-state index contributed by atoms with van der Waals surface area (Å²) in [5.74, 6) is 0.861. The van der Waals surface area contributed by atoms with Crippen molar-refractivity contribution in [2.24, 2.45) is 0 Å². The van der Waals surface area contributed by atoms with Gasteiger partial charge in [0, 0.05) is 5.56 Å². The number of carbonyl (C=O) groups is 1. The highest BCUT2D eigenvalue weighted by Gasteiger charge is 2.22. The van der Waals surface area contributed by atoms with Crippen LogP contribution in [0.25, 0.3) is 11.3 Å². The van der Waals surface area contributed by atoms with Gasteiger partial charge in [-0.05, 0) is 60.7 Å². The lowest BCUT2D eigenvalue weighted by Gasteiger charge is -2.21. The number of aromatic nitrogens is 2. The fourth-order valence-electron chi connectivity index (χ4n) is 3.76. The lowest BCUT2D eigenvalue weighted by Crippen LogP contribution is -2.19. The number of carbonyl (C=O) groups excluding carboxylic acids is 1. The zero-order valence-corrected chi connectivity index (χ0v) is 17.2. The lowest BCUT2D eigenvalue weighted by atomic mass is 9.91. The highest BCUT2D eigenvalue weighted by molar-refractivity contribution is 5.92. The summed E-state index contributed by atoms with van der Waals surface area (Å²) in [6, 6.07) is 12.0. The first-order valence-electron chi connectivity index (χ1n) is 10.2. The van der Waals surface area contributed by atoms with E-state index in [1.807, 2.05) is 12.1 Å². The van der Waals surface area contributed by atoms with Gasteiger partial charge in [-0.2, -0.15) is 0 Å². The van der Waals surface area contributed by atoms with Gasteiger partial charge in [0.15, 0.2) is 5.82 Å². The van der Waals surface area contributed by atoms with Gasteiger partial charge in [0.2, 0.25) is 5.91 Å². The van der Waals surface area contributed by atoms with Crippen molar-refractivity contribution in [2.75, 3.05) is 12.4 Å². The zero-order chi connectivity index (χ0) is 21.1. The molecule has 1 amide bonds. The Kier molecular flexibility index (Phi) is 5.74. The van der Waals surface area contributed by atoms with E-state index in [0.717, 1.165) is 59.6 Å². The molecule has 30 heavy (non-hydrogen) atoms. The van der Waals surface area contributed by atoms with Crippen LogP contribution in [0, 0.1) is 5.82 Å². The van der Waals surface area contributed by atoms with Crippen LogP contribution in [0.3, 0.4) is 0 Å². The molecule has 0 fully saturated rings. The maximum atomic E-state index is 13.1. The molecule has 1 aliphatic carbocycles. The largest absolute Gasteiger partial charge is 0.497 e. The molecule has 0 radical (unpaired) electrons. The minimum atomic E-state index is -0.317. The molecule has 2 aromatic carbocycles. The number of fused-ring (bicyclic) bond motifs is 3. The molecule has 0 spiro atoms. The number of anilines is 1. The molecular weight excluding hydrogens is 381 g/mol. The van der Waals surface area contributed by atoms with E-state index in [1.54, 1.807) is 19.2 Å². The summed E-state index contributed by atoms with van der Waals surface area (Å²) in [4.78, 5) is 22.3. The molecule has 1 heterocycles. The van der Waals surface area contributed by atoms with Crippen LogP contribution in [0.4, 0.5) is 10.2 Å². The van der Waals surface area contributed by atoms with E-state index in [9.17, 15) is 9.18 Å². The van der Waals surface area contributed by atoms with Crippen molar-refractivity contribution in [3.8, 4) is 17.0 Å². The number of methoxy groups -OCH3 is 1. The van der Waals surface area contributed by atoms with Crippen LogP contribution in [0.1, 0.15) is 35.9 Å². The van der Waals surface area contributed by atoms with Crippen LogP contribution in [-0.2, 0) is 30.5 Å². The van der Waals surface area contributed by atoms with Crippen molar-refractivity contribution < 1.29 is 13.9 Å². The molecule has 1 N–H and O–H groups in total. The molecule has 5 nitrogen and oxygen atoms in total. The van der Waals surface area contributed by atoms with Crippen molar-refractivity contribution >= 4 is 11.7 Å². The first kappa shape index (κ1) is 20.0. The van der Waals surface area contributed by atoms with Gasteiger partial charge < -0.3 is 10.1 Å². The lowest BCUT2D eigenvalue weighted by molar-refractivity contribution is -0.115. The third-order valence-corrected chi connectivity index (χ3v) is 5.26. The average molecular weight is 405 g/mol. The number of aryl methyl sites for hydroxylation is 3. The molecule has 0 saturated carbocycles. The maximum absolute atomic E-state index is 13.1. The van der Waals surface area contributed by atoms with E-state index >= 15 is 0 Å². The molecule has 154 valence electrons. The van der Waals surface area contributed by atoms with Crippen molar-refractivity contribution in [1.82, 2.24) is 9.97 Å². The fraction of sp³-hybridized carbons (Fsp3) is 0.292. The third-order valence-electron chi connectivity index (χ3n) is 5.26. The Morgan fingerprint density at radius 2 is 1.93 bits per heavy atom. The Labute approximate surface area is 175 Å². The standard InChI is InChI=1S/C24H24FN3O2/c1-3-4-21-24(28-22(29)13-15-5-8-17(25)9-6-15)27-20-12-7-16-14-18(30-2)10-11-19(16)23(20)26-21/h5-6,8-11,14H,3-4,7,12-13H2,1-2H3,(H,27,28,29). The fourth-order valence-corrected chi connectivity index (χ4v) is 3.76. The topological polar surface area (TPSA) is 64.1 Å². The van der Waals surface area contributed by atoms with E-state index in [-0.39, 0.29) is 18.1 Å². The number of benzene rings is 2. The Bertz CT molecular complexity index is 1080. The smallest absolute Gasteiger partial charge is 0.229 e. The SMILES string of the molecule is CCCc1nc2c(nc1NC(=O)Cc1ccc(F)cc1)CCc1cc(OC)ccc1-2. The van der Waals surface area contributed by atoms with Crippen LogP contribution < -0.4 is 10.1 Å². The van der Waals surface area contributed by atoms with Crippen molar-refractivity contribution in [3.63, 3.8) is 0 Å². The second-order valence-electron chi connectivity index (χ2n) is 7.44. The van der Waals surface area contributed by atoms with Crippen LogP contribution >= 0.6 is 0 Å². The van der Waals surface area contributed by atoms with E-state index < -0.39 is 0 Å². The third kappa shape index (κ3) is 4.17.